The van der Waals surface area contributed by atoms with Crippen LogP contribution < -0.4 is 20.6 Å². The van der Waals surface area contributed by atoms with E-state index in [1.165, 1.54) is 5.56 Å². The Balaban J connectivity index is 2.36. The number of ether oxygens (including phenoxy) is 2. The van der Waals surface area contributed by atoms with Crippen LogP contribution in [0.3, 0.4) is 0 Å². The number of fused-ring (bicyclic) bond motifs is 1. The van der Waals surface area contributed by atoms with Crippen LogP contribution in [0.15, 0.2) is 12.1 Å². The molecule has 0 amide bonds. The topological polar surface area (TPSA) is 59.8 Å². The van der Waals surface area contributed by atoms with Crippen LogP contribution >= 0.6 is 0 Å². The molecule has 2 atom stereocenters. The molecule has 0 radical (unpaired) electrons. The molecule has 0 fully saturated rings. The number of hydrogen-bond donors (Lipinski definition) is 2. The van der Waals surface area contributed by atoms with Gasteiger partial charge >= 0.3 is 0 Å². The van der Waals surface area contributed by atoms with Gasteiger partial charge in [0.1, 0.15) is 17.6 Å². The number of nitrogens with one attached hydrogen (secondary N) is 1. The standard InChI is InChI=1S/C15H25N3O2/c1-5-19-15-7-11-6-10(2)20-14(11)8-12(15)13(9-16)17-18(3)4/h7-8,10,13,17H,5-6,9,16H2,1-4H3. The number of benzene rings is 1. The lowest BCUT2D eigenvalue weighted by atomic mass is 10.0. The third-order valence-electron chi connectivity index (χ3n) is 3.35. The molecular formula is C15H25N3O2. The summed E-state index contributed by atoms with van der Waals surface area (Å²) in [5, 5.41) is 1.91. The van der Waals surface area contributed by atoms with Crippen LogP contribution in [0.5, 0.6) is 11.5 Å². The second-order valence-electron chi connectivity index (χ2n) is 5.38. The van der Waals surface area contributed by atoms with Gasteiger partial charge in [-0.1, -0.05) is 0 Å². The minimum atomic E-state index is 0.0105. The smallest absolute Gasteiger partial charge is 0.124 e. The second kappa shape index (κ2) is 6.43. The van der Waals surface area contributed by atoms with Crippen molar-refractivity contribution in [3.63, 3.8) is 0 Å². The van der Waals surface area contributed by atoms with Crippen molar-refractivity contribution in [2.75, 3.05) is 27.2 Å². The van der Waals surface area contributed by atoms with Crippen molar-refractivity contribution in [3.8, 4) is 11.5 Å². The highest BCUT2D eigenvalue weighted by Gasteiger charge is 2.24. The van der Waals surface area contributed by atoms with E-state index in [-0.39, 0.29) is 12.1 Å². The van der Waals surface area contributed by atoms with E-state index in [2.05, 4.69) is 24.5 Å². The summed E-state index contributed by atoms with van der Waals surface area (Å²) in [6.45, 7) is 5.21. The first kappa shape index (κ1) is 15.1. The molecule has 1 aromatic rings. The van der Waals surface area contributed by atoms with Gasteiger partial charge in [-0.05, 0) is 26.0 Å². The Kier molecular flexibility index (Phi) is 4.86. The molecule has 20 heavy (non-hydrogen) atoms. The summed E-state index contributed by atoms with van der Waals surface area (Å²) in [7, 11) is 3.91. The lowest BCUT2D eigenvalue weighted by Gasteiger charge is -2.24. The second-order valence-corrected chi connectivity index (χ2v) is 5.38. The molecule has 0 aliphatic carbocycles. The van der Waals surface area contributed by atoms with Crippen LogP contribution in [-0.4, -0.2) is 38.4 Å². The molecule has 1 aromatic carbocycles. The normalized spacial score (nSPS) is 18.8. The first-order valence-electron chi connectivity index (χ1n) is 7.15. The third kappa shape index (κ3) is 3.23. The SMILES string of the molecule is CCOc1cc2c(cc1C(CN)NN(C)C)OC(C)C2. The zero-order valence-electron chi connectivity index (χ0n) is 12.8. The summed E-state index contributed by atoms with van der Waals surface area (Å²) in [5.74, 6) is 1.85. The predicted octanol–water partition coefficient (Wildman–Crippen LogP) is 1.47. The Morgan fingerprint density at radius 1 is 1.50 bits per heavy atom. The molecule has 112 valence electrons. The van der Waals surface area contributed by atoms with E-state index in [0.29, 0.717) is 13.2 Å². The molecule has 5 nitrogen and oxygen atoms in total. The Morgan fingerprint density at radius 3 is 2.85 bits per heavy atom. The molecule has 0 spiro atoms. The van der Waals surface area contributed by atoms with Gasteiger partial charge in [-0.15, -0.1) is 0 Å². The van der Waals surface area contributed by atoms with Crippen molar-refractivity contribution in [2.24, 2.45) is 5.73 Å². The van der Waals surface area contributed by atoms with Gasteiger partial charge < -0.3 is 15.2 Å². The van der Waals surface area contributed by atoms with Gasteiger partial charge in [-0.25, -0.2) is 10.4 Å². The third-order valence-corrected chi connectivity index (χ3v) is 3.35. The molecule has 2 unspecified atom stereocenters. The van der Waals surface area contributed by atoms with Crippen LogP contribution in [0.1, 0.15) is 31.0 Å². The van der Waals surface area contributed by atoms with Crippen LogP contribution in [0, 0.1) is 0 Å². The maximum Gasteiger partial charge on any atom is 0.124 e. The van der Waals surface area contributed by atoms with Crippen LogP contribution in [0.2, 0.25) is 0 Å². The summed E-state index contributed by atoms with van der Waals surface area (Å²) in [5.41, 5.74) is 11.5. The summed E-state index contributed by atoms with van der Waals surface area (Å²) < 4.78 is 11.6. The Hall–Kier alpha value is -1.30. The first-order chi connectivity index (χ1) is 9.55. The van der Waals surface area contributed by atoms with Crippen LogP contribution in [0.4, 0.5) is 0 Å². The maximum atomic E-state index is 5.91. The highest BCUT2D eigenvalue weighted by molar-refractivity contribution is 5.50. The fraction of sp³-hybridized carbons (Fsp3) is 0.600. The van der Waals surface area contributed by atoms with E-state index >= 15 is 0 Å². The molecular weight excluding hydrogens is 254 g/mol. The van der Waals surface area contributed by atoms with Crippen molar-refractivity contribution in [1.82, 2.24) is 10.4 Å². The molecule has 0 saturated carbocycles. The minimum Gasteiger partial charge on any atom is -0.494 e. The van der Waals surface area contributed by atoms with Crippen LogP contribution in [-0.2, 0) is 6.42 Å². The maximum absolute atomic E-state index is 5.91. The molecule has 0 bridgehead atoms. The molecule has 1 aliphatic heterocycles. The zero-order chi connectivity index (χ0) is 14.7. The summed E-state index contributed by atoms with van der Waals surface area (Å²) in [6.07, 6.45) is 1.16. The Bertz CT molecular complexity index is 463. The van der Waals surface area contributed by atoms with Gasteiger partial charge in [-0.2, -0.15) is 0 Å². The van der Waals surface area contributed by atoms with E-state index in [1.54, 1.807) is 0 Å². The fourth-order valence-electron chi connectivity index (χ4n) is 2.57. The van der Waals surface area contributed by atoms with Gasteiger partial charge in [0.2, 0.25) is 0 Å². The summed E-state index contributed by atoms with van der Waals surface area (Å²) in [6, 6.07) is 4.17. The first-order valence-corrected chi connectivity index (χ1v) is 7.15. The molecule has 5 heteroatoms. The number of nitrogens with zero attached hydrogens (tertiary/aromatic N) is 1. The average molecular weight is 279 g/mol. The predicted molar refractivity (Wildman–Crippen MR) is 80.0 cm³/mol. The molecule has 1 aliphatic rings. The summed E-state index contributed by atoms with van der Waals surface area (Å²) >= 11 is 0. The average Bonchev–Trinajstić information content (AvgIpc) is 2.74. The van der Waals surface area contributed by atoms with Crippen molar-refractivity contribution in [2.45, 2.75) is 32.4 Å². The van der Waals surface area contributed by atoms with Gasteiger partial charge in [0.15, 0.2) is 0 Å². The van der Waals surface area contributed by atoms with E-state index in [1.807, 2.05) is 26.0 Å². The molecule has 2 rings (SSSR count). The molecule has 0 aromatic heterocycles. The van der Waals surface area contributed by atoms with Gasteiger partial charge in [-0.3, -0.25) is 0 Å². The quantitative estimate of drug-likeness (QED) is 0.772. The van der Waals surface area contributed by atoms with E-state index in [0.717, 1.165) is 23.5 Å². The van der Waals surface area contributed by atoms with Crippen molar-refractivity contribution < 1.29 is 9.47 Å². The van der Waals surface area contributed by atoms with Crippen molar-refractivity contribution >= 4 is 0 Å². The zero-order valence-corrected chi connectivity index (χ0v) is 12.8. The number of hydrogen-bond acceptors (Lipinski definition) is 5. The van der Waals surface area contributed by atoms with Gasteiger partial charge in [0.25, 0.3) is 0 Å². The van der Waals surface area contributed by atoms with Gasteiger partial charge in [0, 0.05) is 38.2 Å². The number of nitrogens with two attached hydrogens (primary N) is 1. The van der Waals surface area contributed by atoms with Crippen molar-refractivity contribution in [1.29, 1.82) is 0 Å². The lowest BCUT2D eigenvalue weighted by molar-refractivity contribution is 0.237. The number of rotatable bonds is 6. The molecule has 0 saturated heterocycles. The minimum absolute atomic E-state index is 0.0105. The largest absolute Gasteiger partial charge is 0.494 e. The molecule has 3 N–H and O–H groups in total. The Labute approximate surface area is 121 Å². The highest BCUT2D eigenvalue weighted by Crippen LogP contribution is 2.37. The van der Waals surface area contributed by atoms with E-state index < -0.39 is 0 Å². The van der Waals surface area contributed by atoms with Gasteiger partial charge in [0.05, 0.1) is 12.6 Å². The lowest BCUT2D eigenvalue weighted by Crippen LogP contribution is -2.38. The summed E-state index contributed by atoms with van der Waals surface area (Å²) in [4.78, 5) is 0. The van der Waals surface area contributed by atoms with E-state index in [9.17, 15) is 0 Å². The van der Waals surface area contributed by atoms with E-state index in [4.69, 9.17) is 15.2 Å². The fourth-order valence-corrected chi connectivity index (χ4v) is 2.57. The Morgan fingerprint density at radius 2 is 2.25 bits per heavy atom. The molecule has 1 heterocycles. The highest BCUT2D eigenvalue weighted by atomic mass is 16.5. The number of hydrazine groups is 1. The van der Waals surface area contributed by atoms with Crippen molar-refractivity contribution in [3.05, 3.63) is 23.3 Å². The van der Waals surface area contributed by atoms with Crippen LogP contribution in [0.25, 0.3) is 0 Å². The monoisotopic (exact) mass is 279 g/mol.